The molecule has 4 rings (SSSR count). The van der Waals surface area contributed by atoms with E-state index in [2.05, 4.69) is 8.75 Å². The van der Waals surface area contributed by atoms with E-state index in [1.165, 1.54) is 11.3 Å². The van der Waals surface area contributed by atoms with Gasteiger partial charge in [0.1, 0.15) is 16.8 Å². The predicted octanol–water partition coefficient (Wildman–Crippen LogP) is 5.51. The van der Waals surface area contributed by atoms with Crippen molar-refractivity contribution in [2.75, 3.05) is 6.61 Å². The highest BCUT2D eigenvalue weighted by molar-refractivity contribution is 7.08. The zero-order valence-electron chi connectivity index (χ0n) is 17.3. The van der Waals surface area contributed by atoms with Crippen LogP contribution in [-0.2, 0) is 11.2 Å². The Labute approximate surface area is 193 Å². The molecule has 0 saturated carbocycles. The molecule has 0 spiro atoms. The smallest absolute Gasteiger partial charge is 0.336 e. The van der Waals surface area contributed by atoms with E-state index in [4.69, 9.17) is 4.74 Å². The monoisotopic (exact) mass is 464 g/mol. The molecular formula is C24H20N2O4S2. The number of fused-ring (bicyclic) bond motifs is 1. The average molecular weight is 465 g/mol. The van der Waals surface area contributed by atoms with E-state index >= 15 is 0 Å². The number of allylic oxidation sites excluding steroid dienone is 1. The number of aliphatic carboxylic acids is 1. The summed E-state index contributed by atoms with van der Waals surface area (Å²) in [4.78, 5) is 25.9. The minimum Gasteiger partial charge on any atom is -0.494 e. The number of benzene rings is 2. The molecular weight excluding hydrogens is 444 g/mol. The standard InChI is InChI=1S/C24H20N2O4S2/c1-2-10-30-18-6-3-16(4-7-18)23(27)19(12-15-9-11-31-14-15)22(24(28)29)17-5-8-20-21(13-17)26-32-25-20/h3-9,11,13-14H,2,10,12H2,1H3,(H,28,29). The summed E-state index contributed by atoms with van der Waals surface area (Å²) < 4.78 is 14.0. The van der Waals surface area contributed by atoms with E-state index in [0.717, 1.165) is 23.7 Å². The van der Waals surface area contributed by atoms with E-state index in [0.29, 0.717) is 34.5 Å². The first kappa shape index (κ1) is 21.9. The Morgan fingerprint density at radius 3 is 2.44 bits per heavy atom. The summed E-state index contributed by atoms with van der Waals surface area (Å²) >= 11 is 2.57. The zero-order chi connectivity index (χ0) is 22.5. The number of Topliss-reactive ketones (excluding diaryl/α,β-unsaturated/α-hetero) is 1. The second-order valence-electron chi connectivity index (χ2n) is 7.14. The van der Waals surface area contributed by atoms with E-state index in [1.54, 1.807) is 42.5 Å². The van der Waals surface area contributed by atoms with E-state index < -0.39 is 5.97 Å². The van der Waals surface area contributed by atoms with E-state index in [9.17, 15) is 14.7 Å². The van der Waals surface area contributed by atoms with Gasteiger partial charge in [-0.3, -0.25) is 4.79 Å². The molecule has 0 aliphatic heterocycles. The van der Waals surface area contributed by atoms with Crippen LogP contribution in [0.1, 0.15) is 34.8 Å². The molecule has 0 atom stereocenters. The van der Waals surface area contributed by atoms with Crippen LogP contribution in [0.4, 0.5) is 0 Å². The molecule has 2 heterocycles. The highest BCUT2D eigenvalue weighted by Gasteiger charge is 2.24. The van der Waals surface area contributed by atoms with Crippen LogP contribution in [0.3, 0.4) is 0 Å². The number of hydrogen-bond acceptors (Lipinski definition) is 7. The van der Waals surface area contributed by atoms with Crippen molar-refractivity contribution >= 4 is 51.4 Å². The molecule has 0 amide bonds. The normalized spacial score (nSPS) is 11.9. The second kappa shape index (κ2) is 9.84. The number of thiophene rings is 1. The molecule has 162 valence electrons. The Morgan fingerprint density at radius 2 is 1.75 bits per heavy atom. The molecule has 2 aromatic heterocycles. The third kappa shape index (κ3) is 4.76. The van der Waals surface area contributed by atoms with Crippen LogP contribution in [0, 0.1) is 0 Å². The van der Waals surface area contributed by atoms with Gasteiger partial charge in [-0.1, -0.05) is 13.0 Å². The predicted molar refractivity (Wildman–Crippen MR) is 127 cm³/mol. The summed E-state index contributed by atoms with van der Waals surface area (Å²) in [5, 5.41) is 14.0. The minimum atomic E-state index is -1.16. The number of nitrogens with zero attached hydrogens (tertiary/aromatic N) is 2. The summed E-state index contributed by atoms with van der Waals surface area (Å²) in [6, 6.07) is 13.8. The van der Waals surface area contributed by atoms with Crippen LogP contribution in [0.5, 0.6) is 5.75 Å². The van der Waals surface area contributed by atoms with Crippen LogP contribution >= 0.6 is 23.1 Å². The summed E-state index contributed by atoms with van der Waals surface area (Å²) in [7, 11) is 0. The lowest BCUT2D eigenvalue weighted by molar-refractivity contribution is -0.130. The number of hydrogen-bond donors (Lipinski definition) is 1. The number of rotatable bonds is 9. The topological polar surface area (TPSA) is 89.4 Å². The maximum absolute atomic E-state index is 13.5. The van der Waals surface area contributed by atoms with E-state index in [-0.39, 0.29) is 23.4 Å². The lowest BCUT2D eigenvalue weighted by atomic mass is 9.90. The number of carbonyl (C=O) groups is 2. The SMILES string of the molecule is CCCOc1ccc(C(=O)C(Cc2ccsc2)=C(C(=O)O)c2ccc3nsnc3c2)cc1. The average Bonchev–Trinajstić information content (AvgIpc) is 3.48. The highest BCUT2D eigenvalue weighted by Crippen LogP contribution is 2.28. The molecule has 0 bridgehead atoms. The third-order valence-corrected chi connectivity index (χ3v) is 6.17. The fourth-order valence-electron chi connectivity index (χ4n) is 3.34. The van der Waals surface area contributed by atoms with Crippen molar-refractivity contribution < 1.29 is 19.4 Å². The third-order valence-electron chi connectivity index (χ3n) is 4.88. The summed E-state index contributed by atoms with van der Waals surface area (Å²) in [6.07, 6.45) is 1.10. The Bertz CT molecular complexity index is 1280. The van der Waals surface area contributed by atoms with Crippen LogP contribution in [0.25, 0.3) is 16.6 Å². The van der Waals surface area contributed by atoms with Gasteiger partial charge in [-0.15, -0.1) is 0 Å². The number of ketones is 1. The van der Waals surface area contributed by atoms with Crippen molar-refractivity contribution in [1.29, 1.82) is 0 Å². The number of carboxylic acid groups (broad SMARTS) is 1. The molecule has 0 fully saturated rings. The maximum atomic E-state index is 13.5. The van der Waals surface area contributed by atoms with Gasteiger partial charge < -0.3 is 9.84 Å². The molecule has 0 unspecified atom stereocenters. The lowest BCUT2D eigenvalue weighted by Gasteiger charge is -2.13. The second-order valence-corrected chi connectivity index (χ2v) is 8.45. The first-order valence-electron chi connectivity index (χ1n) is 10.0. The van der Waals surface area contributed by atoms with Gasteiger partial charge in [0.15, 0.2) is 5.78 Å². The Kier molecular flexibility index (Phi) is 6.72. The number of carboxylic acids is 1. The highest BCUT2D eigenvalue weighted by atomic mass is 32.1. The van der Waals surface area contributed by atoms with Gasteiger partial charge in [0, 0.05) is 17.6 Å². The Hall–Kier alpha value is -3.36. The summed E-state index contributed by atoms with van der Waals surface area (Å²) in [5.74, 6) is -0.812. The van der Waals surface area contributed by atoms with Crippen molar-refractivity contribution in [3.63, 3.8) is 0 Å². The van der Waals surface area contributed by atoms with Crippen molar-refractivity contribution in [3.8, 4) is 5.75 Å². The molecule has 0 aliphatic carbocycles. The minimum absolute atomic E-state index is 0.0255. The fraction of sp³-hybridized carbons (Fsp3) is 0.167. The maximum Gasteiger partial charge on any atom is 0.336 e. The summed E-state index contributed by atoms with van der Waals surface area (Å²) in [6.45, 7) is 2.61. The van der Waals surface area contributed by atoms with Crippen molar-refractivity contribution in [2.45, 2.75) is 19.8 Å². The molecule has 0 saturated heterocycles. The Balaban J connectivity index is 1.80. The molecule has 6 nitrogen and oxygen atoms in total. The lowest BCUT2D eigenvalue weighted by Crippen LogP contribution is -2.14. The van der Waals surface area contributed by atoms with Gasteiger partial charge in [0.2, 0.25) is 0 Å². The molecule has 0 radical (unpaired) electrons. The largest absolute Gasteiger partial charge is 0.494 e. The molecule has 0 aliphatic rings. The first-order valence-corrected chi connectivity index (χ1v) is 11.7. The van der Waals surface area contributed by atoms with E-state index in [1.807, 2.05) is 23.8 Å². The Morgan fingerprint density at radius 1 is 1.00 bits per heavy atom. The fourth-order valence-corrected chi connectivity index (χ4v) is 4.53. The van der Waals surface area contributed by atoms with Crippen LogP contribution in [0.15, 0.2) is 64.9 Å². The van der Waals surface area contributed by atoms with Gasteiger partial charge in [-0.2, -0.15) is 20.1 Å². The molecule has 32 heavy (non-hydrogen) atoms. The number of aromatic nitrogens is 2. The van der Waals surface area contributed by atoms with Crippen molar-refractivity contribution in [1.82, 2.24) is 8.75 Å². The summed E-state index contributed by atoms with van der Waals surface area (Å²) in [5.41, 5.74) is 3.22. The molecule has 1 N–H and O–H groups in total. The van der Waals surface area contributed by atoms with Crippen LogP contribution < -0.4 is 4.74 Å². The van der Waals surface area contributed by atoms with Crippen molar-refractivity contribution in [2.24, 2.45) is 0 Å². The molecule has 2 aromatic carbocycles. The van der Waals surface area contributed by atoms with Crippen molar-refractivity contribution in [3.05, 3.63) is 81.6 Å². The zero-order valence-corrected chi connectivity index (χ0v) is 18.9. The molecule has 4 aromatic rings. The van der Waals surface area contributed by atoms with Gasteiger partial charge in [0.05, 0.1) is 23.9 Å². The quantitative estimate of drug-likeness (QED) is 0.260. The van der Waals surface area contributed by atoms with Crippen LogP contribution in [-0.4, -0.2) is 32.2 Å². The van der Waals surface area contributed by atoms with Gasteiger partial charge >= 0.3 is 5.97 Å². The van der Waals surface area contributed by atoms with Gasteiger partial charge in [0.25, 0.3) is 0 Å². The number of ether oxygens (including phenoxy) is 1. The van der Waals surface area contributed by atoms with Gasteiger partial charge in [-0.05, 0) is 70.8 Å². The van der Waals surface area contributed by atoms with Gasteiger partial charge in [-0.25, -0.2) is 4.79 Å². The first-order chi connectivity index (χ1) is 15.6. The number of carbonyl (C=O) groups excluding carboxylic acids is 1. The molecule has 8 heteroatoms. The van der Waals surface area contributed by atoms with Crippen LogP contribution in [0.2, 0.25) is 0 Å².